The molecule has 0 radical (unpaired) electrons. The van der Waals surface area contributed by atoms with Crippen molar-refractivity contribution in [2.24, 2.45) is 0 Å². The molecule has 0 aromatic heterocycles. The summed E-state index contributed by atoms with van der Waals surface area (Å²) in [6, 6.07) is 15.7. The van der Waals surface area contributed by atoms with Gasteiger partial charge in [0.05, 0.1) is 25.9 Å². The normalized spacial score (nSPS) is 10.6. The van der Waals surface area contributed by atoms with Crippen molar-refractivity contribution in [3.8, 4) is 23.0 Å². The lowest BCUT2D eigenvalue weighted by atomic mass is 10.00. The molecule has 0 saturated carbocycles. The van der Waals surface area contributed by atoms with Gasteiger partial charge >= 0.3 is 11.9 Å². The topological polar surface area (TPSA) is 112 Å². The fraction of sp³-hybridized carbons (Fsp3) is 0.333. The minimum Gasteiger partial charge on any atom is -0.496 e. The molecule has 3 aromatic carbocycles. The highest BCUT2D eigenvalue weighted by Gasteiger charge is 2.16. The molecular formula is C33H38O8. The van der Waals surface area contributed by atoms with E-state index in [1.54, 1.807) is 43.5 Å². The van der Waals surface area contributed by atoms with E-state index < -0.39 is 11.9 Å². The van der Waals surface area contributed by atoms with Crippen LogP contribution in [0.15, 0.2) is 61.2 Å². The predicted octanol–water partition coefficient (Wildman–Crippen LogP) is 6.82. The minimum absolute atomic E-state index is 0.0867. The second kappa shape index (κ2) is 15.4. The number of aromatic carboxylic acids is 1. The summed E-state index contributed by atoms with van der Waals surface area (Å²) in [5.74, 6) is 0.667. The molecule has 0 saturated heterocycles. The quantitative estimate of drug-likeness (QED) is 0.172. The van der Waals surface area contributed by atoms with Crippen LogP contribution in [-0.2, 0) is 24.2 Å². The van der Waals surface area contributed by atoms with Crippen LogP contribution in [0.2, 0.25) is 0 Å². The SMILES string of the molecule is C=C(C)c1ccc(OCCCOc2cccc(OCc3cccc(C(=O)O)c3)c2CCC(=O)O)c(CCC)c1OC. The zero-order valence-corrected chi connectivity index (χ0v) is 23.9. The lowest BCUT2D eigenvalue weighted by molar-refractivity contribution is -0.136. The van der Waals surface area contributed by atoms with Gasteiger partial charge in [-0.3, -0.25) is 4.79 Å². The Hall–Kier alpha value is -4.46. The Labute approximate surface area is 241 Å². The van der Waals surface area contributed by atoms with E-state index in [9.17, 15) is 19.8 Å². The first kappa shape index (κ1) is 31.1. The van der Waals surface area contributed by atoms with E-state index in [1.807, 2.05) is 19.1 Å². The summed E-state index contributed by atoms with van der Waals surface area (Å²) in [5.41, 5.74) is 4.42. The number of carboxylic acids is 2. The fourth-order valence-electron chi connectivity index (χ4n) is 4.47. The van der Waals surface area contributed by atoms with Crippen molar-refractivity contribution in [3.05, 3.63) is 89.0 Å². The van der Waals surface area contributed by atoms with E-state index in [2.05, 4.69) is 13.5 Å². The van der Waals surface area contributed by atoms with Gasteiger partial charge in [0.1, 0.15) is 29.6 Å². The van der Waals surface area contributed by atoms with Gasteiger partial charge in [0.2, 0.25) is 0 Å². The number of benzene rings is 3. The number of carbonyl (C=O) groups is 2. The zero-order chi connectivity index (χ0) is 29.8. The van der Waals surface area contributed by atoms with Crippen LogP contribution in [-0.4, -0.2) is 42.5 Å². The first-order valence-electron chi connectivity index (χ1n) is 13.6. The van der Waals surface area contributed by atoms with Crippen LogP contribution < -0.4 is 18.9 Å². The average Bonchev–Trinajstić information content (AvgIpc) is 2.95. The average molecular weight is 563 g/mol. The van der Waals surface area contributed by atoms with Crippen LogP contribution in [0.1, 0.15) is 65.7 Å². The van der Waals surface area contributed by atoms with E-state index in [0.717, 1.165) is 41.0 Å². The van der Waals surface area contributed by atoms with Crippen LogP contribution in [0, 0.1) is 0 Å². The third-order valence-electron chi connectivity index (χ3n) is 6.43. The molecule has 8 heteroatoms. The van der Waals surface area contributed by atoms with Crippen molar-refractivity contribution in [2.45, 2.75) is 52.6 Å². The molecule has 0 atom stereocenters. The highest BCUT2D eigenvalue weighted by atomic mass is 16.5. The summed E-state index contributed by atoms with van der Waals surface area (Å²) < 4.78 is 23.9. The molecule has 0 bridgehead atoms. The molecule has 0 amide bonds. The molecule has 0 aliphatic rings. The van der Waals surface area contributed by atoms with Gasteiger partial charge in [-0.1, -0.05) is 38.1 Å². The van der Waals surface area contributed by atoms with Crippen molar-refractivity contribution in [1.82, 2.24) is 0 Å². The van der Waals surface area contributed by atoms with Gasteiger partial charge in [-0.25, -0.2) is 4.79 Å². The van der Waals surface area contributed by atoms with E-state index in [4.69, 9.17) is 18.9 Å². The number of aliphatic carboxylic acids is 1. The molecule has 41 heavy (non-hydrogen) atoms. The van der Waals surface area contributed by atoms with Crippen molar-refractivity contribution in [1.29, 1.82) is 0 Å². The van der Waals surface area contributed by atoms with E-state index in [1.165, 1.54) is 6.07 Å². The van der Waals surface area contributed by atoms with Crippen LogP contribution in [0.25, 0.3) is 5.57 Å². The standard InChI is InChI=1S/C33H38O8/c1-5-9-27-30(16-14-25(22(2)3)32(27)38-4)40-19-8-18-39-28-12-7-13-29(26(28)15-17-31(34)35)41-21-23-10-6-11-24(20-23)33(36)37/h6-7,10-14,16,20H,2,5,8-9,15,17-19,21H2,1,3-4H3,(H,34,35)(H,36,37). The molecule has 0 aliphatic carbocycles. The van der Waals surface area contributed by atoms with E-state index >= 15 is 0 Å². The molecule has 3 aromatic rings. The van der Waals surface area contributed by atoms with Crippen molar-refractivity contribution in [2.75, 3.05) is 20.3 Å². The Balaban J connectivity index is 1.67. The summed E-state index contributed by atoms with van der Waals surface area (Å²) in [4.78, 5) is 22.6. The lowest BCUT2D eigenvalue weighted by Crippen LogP contribution is -2.09. The first-order valence-corrected chi connectivity index (χ1v) is 13.6. The number of rotatable bonds is 17. The summed E-state index contributed by atoms with van der Waals surface area (Å²) in [7, 11) is 1.66. The largest absolute Gasteiger partial charge is 0.496 e. The van der Waals surface area contributed by atoms with Crippen molar-refractivity contribution in [3.63, 3.8) is 0 Å². The Morgan fingerprint density at radius 3 is 2.12 bits per heavy atom. The lowest BCUT2D eigenvalue weighted by Gasteiger charge is -2.18. The van der Waals surface area contributed by atoms with Gasteiger partial charge in [0.15, 0.2) is 0 Å². The Bertz CT molecular complexity index is 1360. The molecule has 0 aliphatic heterocycles. The second-order valence-electron chi connectivity index (χ2n) is 9.62. The monoisotopic (exact) mass is 562 g/mol. The van der Waals surface area contributed by atoms with Gasteiger partial charge in [0, 0.05) is 29.5 Å². The summed E-state index contributed by atoms with van der Waals surface area (Å²) >= 11 is 0. The number of hydrogen-bond donors (Lipinski definition) is 2. The number of hydrogen-bond acceptors (Lipinski definition) is 6. The second-order valence-corrected chi connectivity index (χ2v) is 9.62. The predicted molar refractivity (Wildman–Crippen MR) is 157 cm³/mol. The fourth-order valence-corrected chi connectivity index (χ4v) is 4.47. The van der Waals surface area contributed by atoms with Crippen LogP contribution in [0.3, 0.4) is 0 Å². The molecule has 0 heterocycles. The van der Waals surface area contributed by atoms with Gasteiger partial charge in [-0.05, 0) is 67.3 Å². The number of methoxy groups -OCH3 is 1. The molecule has 0 spiro atoms. The third kappa shape index (κ3) is 8.76. The van der Waals surface area contributed by atoms with Gasteiger partial charge in [0.25, 0.3) is 0 Å². The number of ether oxygens (including phenoxy) is 4. The summed E-state index contributed by atoms with van der Waals surface area (Å²) in [5, 5.41) is 18.5. The highest BCUT2D eigenvalue weighted by molar-refractivity contribution is 5.87. The highest BCUT2D eigenvalue weighted by Crippen LogP contribution is 2.36. The van der Waals surface area contributed by atoms with Gasteiger partial charge in [-0.2, -0.15) is 0 Å². The van der Waals surface area contributed by atoms with Crippen molar-refractivity contribution < 1.29 is 38.7 Å². The Kier molecular flexibility index (Phi) is 11.6. The molecule has 8 nitrogen and oxygen atoms in total. The van der Waals surface area contributed by atoms with E-state index in [0.29, 0.717) is 42.3 Å². The first-order chi connectivity index (χ1) is 19.7. The van der Waals surface area contributed by atoms with Crippen LogP contribution in [0.4, 0.5) is 0 Å². The molecule has 3 rings (SSSR count). The molecule has 0 unspecified atom stereocenters. The maximum atomic E-state index is 11.3. The summed E-state index contributed by atoms with van der Waals surface area (Å²) in [6.07, 6.45) is 2.49. The molecule has 2 N–H and O–H groups in total. The number of carboxylic acid groups (broad SMARTS) is 2. The maximum absolute atomic E-state index is 11.3. The minimum atomic E-state index is -1.02. The van der Waals surface area contributed by atoms with Gasteiger partial charge in [-0.15, -0.1) is 0 Å². The third-order valence-corrected chi connectivity index (χ3v) is 6.43. The Morgan fingerprint density at radius 1 is 0.854 bits per heavy atom. The Morgan fingerprint density at radius 2 is 1.51 bits per heavy atom. The van der Waals surface area contributed by atoms with Crippen LogP contribution in [0.5, 0.6) is 23.0 Å². The van der Waals surface area contributed by atoms with Gasteiger partial charge < -0.3 is 29.2 Å². The molecule has 218 valence electrons. The number of allylic oxidation sites excluding steroid dienone is 1. The molecule has 0 fully saturated rings. The zero-order valence-electron chi connectivity index (χ0n) is 23.9. The smallest absolute Gasteiger partial charge is 0.335 e. The van der Waals surface area contributed by atoms with Crippen molar-refractivity contribution >= 4 is 17.5 Å². The maximum Gasteiger partial charge on any atom is 0.335 e. The summed E-state index contributed by atoms with van der Waals surface area (Å²) in [6.45, 7) is 9.02. The van der Waals surface area contributed by atoms with E-state index in [-0.39, 0.29) is 25.0 Å². The van der Waals surface area contributed by atoms with Crippen LogP contribution >= 0.6 is 0 Å². The molecular weight excluding hydrogens is 524 g/mol.